The molecule has 3 N–H and O–H groups in total. The third-order valence-electron chi connectivity index (χ3n) is 4.05. The lowest BCUT2D eigenvalue weighted by molar-refractivity contribution is -0.121. The van der Waals surface area contributed by atoms with Gasteiger partial charge in [-0.3, -0.25) is 4.79 Å². The monoisotopic (exact) mass is 310 g/mol. The fraction of sp³-hybridized carbons (Fsp3) is 0.562. The molecule has 1 aliphatic carbocycles. The first-order valence-electron chi connectivity index (χ1n) is 7.57. The van der Waals surface area contributed by atoms with E-state index in [1.165, 1.54) is 0 Å². The topological polar surface area (TPSA) is 64.3 Å². The van der Waals surface area contributed by atoms with Crippen LogP contribution in [-0.2, 0) is 4.79 Å². The van der Waals surface area contributed by atoms with E-state index >= 15 is 0 Å². The normalized spacial score (nSPS) is 21.9. The highest BCUT2D eigenvalue weighted by molar-refractivity contribution is 6.31. The number of anilines is 1. The molecule has 4 nitrogen and oxygen atoms in total. The molecule has 0 saturated heterocycles. The Morgan fingerprint density at radius 2 is 2.10 bits per heavy atom. The third kappa shape index (κ3) is 4.35. The summed E-state index contributed by atoms with van der Waals surface area (Å²) in [7, 11) is 0. The van der Waals surface area contributed by atoms with E-state index in [4.69, 9.17) is 22.1 Å². The van der Waals surface area contributed by atoms with Crippen LogP contribution in [0.1, 0.15) is 32.6 Å². The summed E-state index contributed by atoms with van der Waals surface area (Å²) in [6.45, 7) is 3.18. The van der Waals surface area contributed by atoms with E-state index in [-0.39, 0.29) is 11.8 Å². The van der Waals surface area contributed by atoms with Crippen molar-refractivity contribution in [1.82, 2.24) is 0 Å². The standard InChI is InChI=1S/C16H23ClN2O2/c1-2-21-15-8-7-13(17)9-14(15)19-16(20)12-5-3-11(10-18)4-6-12/h7-9,11-12H,2-6,10,18H2,1H3,(H,19,20). The van der Waals surface area contributed by atoms with E-state index in [9.17, 15) is 4.79 Å². The largest absolute Gasteiger partial charge is 0.492 e. The van der Waals surface area contributed by atoms with E-state index in [2.05, 4.69) is 5.32 Å². The van der Waals surface area contributed by atoms with Gasteiger partial charge in [-0.15, -0.1) is 0 Å². The quantitative estimate of drug-likeness (QED) is 0.875. The second-order valence-electron chi connectivity index (χ2n) is 5.52. The van der Waals surface area contributed by atoms with Crippen molar-refractivity contribution in [3.8, 4) is 5.75 Å². The molecule has 0 unspecified atom stereocenters. The highest BCUT2D eigenvalue weighted by Gasteiger charge is 2.26. The fourth-order valence-corrected chi connectivity index (χ4v) is 2.95. The highest BCUT2D eigenvalue weighted by atomic mass is 35.5. The zero-order valence-corrected chi connectivity index (χ0v) is 13.2. The molecule has 1 amide bonds. The summed E-state index contributed by atoms with van der Waals surface area (Å²) in [6.07, 6.45) is 3.86. The van der Waals surface area contributed by atoms with Crippen LogP contribution in [0.4, 0.5) is 5.69 Å². The molecule has 0 heterocycles. The Balaban J connectivity index is 2.01. The lowest BCUT2D eigenvalue weighted by Crippen LogP contribution is -2.29. The smallest absolute Gasteiger partial charge is 0.227 e. The van der Waals surface area contributed by atoms with E-state index in [0.29, 0.717) is 29.0 Å². The maximum Gasteiger partial charge on any atom is 0.227 e. The van der Waals surface area contributed by atoms with Crippen molar-refractivity contribution in [3.63, 3.8) is 0 Å². The molecule has 0 atom stereocenters. The molecular weight excluding hydrogens is 288 g/mol. The Bertz CT molecular complexity index is 485. The van der Waals surface area contributed by atoms with Crippen molar-refractivity contribution in [2.24, 2.45) is 17.6 Å². The number of hydrogen-bond acceptors (Lipinski definition) is 3. The summed E-state index contributed by atoms with van der Waals surface area (Å²) < 4.78 is 5.52. The summed E-state index contributed by atoms with van der Waals surface area (Å²) in [5.41, 5.74) is 6.33. The molecule has 0 aliphatic heterocycles. The average Bonchev–Trinajstić information content (AvgIpc) is 2.50. The number of nitrogens with one attached hydrogen (secondary N) is 1. The Hall–Kier alpha value is -1.26. The fourth-order valence-electron chi connectivity index (χ4n) is 2.78. The first-order chi connectivity index (χ1) is 10.1. The second-order valence-corrected chi connectivity index (χ2v) is 5.95. The van der Waals surface area contributed by atoms with Gasteiger partial charge in [0.15, 0.2) is 0 Å². The third-order valence-corrected chi connectivity index (χ3v) is 4.29. The van der Waals surface area contributed by atoms with Crippen molar-refractivity contribution in [3.05, 3.63) is 23.2 Å². The van der Waals surface area contributed by atoms with Crippen molar-refractivity contribution in [1.29, 1.82) is 0 Å². The molecule has 116 valence electrons. The molecule has 1 aliphatic rings. The van der Waals surface area contributed by atoms with Crippen LogP contribution in [0.5, 0.6) is 5.75 Å². The second kappa shape index (κ2) is 7.66. The number of nitrogens with two attached hydrogens (primary N) is 1. The molecule has 1 aromatic rings. The van der Waals surface area contributed by atoms with Crippen molar-refractivity contribution < 1.29 is 9.53 Å². The predicted octanol–water partition coefficient (Wildman–Crippen LogP) is 3.44. The number of ether oxygens (including phenoxy) is 1. The molecule has 0 spiro atoms. The molecular formula is C16H23ClN2O2. The minimum absolute atomic E-state index is 0.0497. The minimum Gasteiger partial charge on any atom is -0.492 e. The van der Waals surface area contributed by atoms with Crippen molar-refractivity contribution in [2.75, 3.05) is 18.5 Å². The van der Waals surface area contributed by atoms with E-state index < -0.39 is 0 Å². The van der Waals surface area contributed by atoms with Gasteiger partial charge in [-0.25, -0.2) is 0 Å². The van der Waals surface area contributed by atoms with E-state index in [0.717, 1.165) is 32.2 Å². The summed E-state index contributed by atoms with van der Waals surface area (Å²) in [5, 5.41) is 3.54. The number of carbonyl (C=O) groups excluding carboxylic acids is 1. The van der Waals surface area contributed by atoms with Gasteiger partial charge >= 0.3 is 0 Å². The van der Waals surface area contributed by atoms with Crippen LogP contribution in [0, 0.1) is 11.8 Å². The summed E-state index contributed by atoms with van der Waals surface area (Å²) in [4.78, 5) is 12.4. The lowest BCUT2D eigenvalue weighted by atomic mass is 9.81. The first-order valence-corrected chi connectivity index (χ1v) is 7.95. The maximum atomic E-state index is 12.4. The maximum absolute atomic E-state index is 12.4. The van der Waals surface area contributed by atoms with Crippen LogP contribution in [0.2, 0.25) is 5.02 Å². The average molecular weight is 311 g/mol. The number of rotatable bonds is 5. The number of halogens is 1. The van der Waals surface area contributed by atoms with Crippen LogP contribution in [0.25, 0.3) is 0 Å². The molecule has 21 heavy (non-hydrogen) atoms. The van der Waals surface area contributed by atoms with Crippen LogP contribution in [-0.4, -0.2) is 19.1 Å². The molecule has 1 saturated carbocycles. The van der Waals surface area contributed by atoms with Crippen LogP contribution in [0.15, 0.2) is 18.2 Å². The minimum atomic E-state index is 0.0497. The molecule has 0 aromatic heterocycles. The molecule has 5 heteroatoms. The SMILES string of the molecule is CCOc1ccc(Cl)cc1NC(=O)C1CCC(CN)CC1. The van der Waals surface area contributed by atoms with Crippen LogP contribution in [0.3, 0.4) is 0 Å². The number of hydrogen-bond donors (Lipinski definition) is 2. The molecule has 1 aromatic carbocycles. The number of benzene rings is 1. The number of carbonyl (C=O) groups is 1. The van der Waals surface area contributed by atoms with Gasteiger partial charge in [0, 0.05) is 10.9 Å². The van der Waals surface area contributed by atoms with Crippen LogP contribution < -0.4 is 15.8 Å². The Kier molecular flexibility index (Phi) is 5.88. The zero-order valence-electron chi connectivity index (χ0n) is 12.4. The van der Waals surface area contributed by atoms with Gasteiger partial charge in [-0.1, -0.05) is 11.6 Å². The van der Waals surface area contributed by atoms with Crippen molar-refractivity contribution in [2.45, 2.75) is 32.6 Å². The Labute approximate surface area is 131 Å². The first kappa shape index (κ1) is 16.1. The van der Waals surface area contributed by atoms with Gasteiger partial charge in [-0.05, 0) is 63.3 Å². The van der Waals surface area contributed by atoms with E-state index in [1.807, 2.05) is 6.92 Å². The van der Waals surface area contributed by atoms with Gasteiger partial charge in [0.25, 0.3) is 0 Å². The molecule has 0 bridgehead atoms. The zero-order chi connectivity index (χ0) is 15.2. The van der Waals surface area contributed by atoms with Gasteiger partial charge in [0.2, 0.25) is 5.91 Å². The lowest BCUT2D eigenvalue weighted by Gasteiger charge is -2.27. The predicted molar refractivity (Wildman–Crippen MR) is 85.8 cm³/mol. The number of amides is 1. The van der Waals surface area contributed by atoms with E-state index in [1.54, 1.807) is 18.2 Å². The summed E-state index contributed by atoms with van der Waals surface area (Å²) in [5.74, 6) is 1.33. The van der Waals surface area contributed by atoms with Gasteiger partial charge < -0.3 is 15.8 Å². The molecule has 0 radical (unpaired) electrons. The highest BCUT2D eigenvalue weighted by Crippen LogP contribution is 2.32. The van der Waals surface area contributed by atoms with Gasteiger partial charge in [-0.2, -0.15) is 0 Å². The van der Waals surface area contributed by atoms with Crippen molar-refractivity contribution >= 4 is 23.2 Å². The Morgan fingerprint density at radius 3 is 2.71 bits per heavy atom. The summed E-state index contributed by atoms with van der Waals surface area (Å²) in [6, 6.07) is 5.28. The molecule has 2 rings (SSSR count). The van der Waals surface area contributed by atoms with Crippen LogP contribution >= 0.6 is 11.6 Å². The Morgan fingerprint density at radius 1 is 1.38 bits per heavy atom. The summed E-state index contributed by atoms with van der Waals surface area (Å²) >= 11 is 6.00. The van der Waals surface area contributed by atoms with Gasteiger partial charge in [0.05, 0.1) is 12.3 Å². The molecule has 1 fully saturated rings. The van der Waals surface area contributed by atoms with Gasteiger partial charge in [0.1, 0.15) is 5.75 Å².